The van der Waals surface area contributed by atoms with Gasteiger partial charge in [-0.1, -0.05) is 44.8 Å². The van der Waals surface area contributed by atoms with Crippen molar-refractivity contribution in [3.05, 3.63) is 11.6 Å². The summed E-state index contributed by atoms with van der Waals surface area (Å²) >= 11 is 0. The van der Waals surface area contributed by atoms with E-state index in [0.29, 0.717) is 11.7 Å². The molecule has 1 atom stereocenters. The summed E-state index contributed by atoms with van der Waals surface area (Å²) < 4.78 is 0. The van der Waals surface area contributed by atoms with Gasteiger partial charge >= 0.3 is 0 Å². The Morgan fingerprint density at radius 1 is 1.38 bits per heavy atom. The summed E-state index contributed by atoms with van der Waals surface area (Å²) in [6.45, 7) is 6.45. The summed E-state index contributed by atoms with van der Waals surface area (Å²) in [7, 11) is 0. The minimum absolute atomic E-state index is 0.233. The molecule has 16 heavy (non-hydrogen) atoms. The lowest BCUT2D eigenvalue weighted by Crippen LogP contribution is -2.19. The van der Waals surface area contributed by atoms with E-state index >= 15 is 0 Å². The first-order chi connectivity index (χ1) is 7.65. The van der Waals surface area contributed by atoms with E-state index in [0.717, 1.165) is 25.7 Å². The highest BCUT2D eigenvalue weighted by molar-refractivity contribution is 5.83. The van der Waals surface area contributed by atoms with Crippen molar-refractivity contribution >= 4 is 5.78 Å². The summed E-state index contributed by atoms with van der Waals surface area (Å²) in [4.78, 5) is 12.1. The van der Waals surface area contributed by atoms with Crippen molar-refractivity contribution in [1.82, 2.24) is 0 Å². The van der Waals surface area contributed by atoms with E-state index in [1.54, 1.807) is 0 Å². The van der Waals surface area contributed by atoms with Crippen LogP contribution in [0.3, 0.4) is 0 Å². The van der Waals surface area contributed by atoms with Gasteiger partial charge in [0.15, 0.2) is 0 Å². The molecule has 1 heteroatoms. The Kier molecular flexibility index (Phi) is 5.79. The molecule has 1 saturated carbocycles. The number of rotatable bonds is 6. The lowest BCUT2D eigenvalue weighted by atomic mass is 9.88. The van der Waals surface area contributed by atoms with Gasteiger partial charge < -0.3 is 0 Å². The highest BCUT2D eigenvalue weighted by Gasteiger charge is 2.26. The third-order valence-electron chi connectivity index (χ3n) is 3.65. The summed E-state index contributed by atoms with van der Waals surface area (Å²) in [6, 6.07) is 0. The standard InChI is InChI=1S/C15H26O/c1-4-5-8-12(2)11-13(3)15(16)14-9-6-7-10-14/h8,13-14H,4-7,9-11H2,1-3H3/b12-8+. The van der Waals surface area contributed by atoms with E-state index in [-0.39, 0.29) is 5.92 Å². The smallest absolute Gasteiger partial charge is 0.139 e. The SMILES string of the molecule is CCC/C=C(\C)CC(C)C(=O)C1CCCC1. The van der Waals surface area contributed by atoms with E-state index in [1.807, 2.05) is 0 Å². The van der Waals surface area contributed by atoms with E-state index in [4.69, 9.17) is 0 Å². The number of carbonyl (C=O) groups is 1. The van der Waals surface area contributed by atoms with Crippen LogP contribution < -0.4 is 0 Å². The van der Waals surface area contributed by atoms with Crippen molar-refractivity contribution in [2.45, 2.75) is 65.7 Å². The van der Waals surface area contributed by atoms with Crippen molar-refractivity contribution in [3.8, 4) is 0 Å². The average molecular weight is 222 g/mol. The van der Waals surface area contributed by atoms with Gasteiger partial charge in [0.05, 0.1) is 0 Å². The van der Waals surface area contributed by atoms with Crippen LogP contribution in [-0.2, 0) is 4.79 Å². The van der Waals surface area contributed by atoms with Gasteiger partial charge in [-0.3, -0.25) is 4.79 Å². The molecule has 0 spiro atoms. The lowest BCUT2D eigenvalue weighted by molar-refractivity contribution is -0.126. The van der Waals surface area contributed by atoms with E-state index in [2.05, 4.69) is 26.8 Å². The second-order valence-electron chi connectivity index (χ2n) is 5.33. The zero-order valence-electron chi connectivity index (χ0n) is 11.1. The van der Waals surface area contributed by atoms with Crippen LogP contribution in [0.4, 0.5) is 0 Å². The topological polar surface area (TPSA) is 17.1 Å². The molecule has 0 N–H and O–H groups in total. The highest BCUT2D eigenvalue weighted by Crippen LogP contribution is 2.29. The monoisotopic (exact) mass is 222 g/mol. The maximum atomic E-state index is 12.1. The van der Waals surface area contributed by atoms with Gasteiger partial charge in [-0.15, -0.1) is 0 Å². The molecule has 0 amide bonds. The van der Waals surface area contributed by atoms with Crippen LogP contribution >= 0.6 is 0 Å². The maximum Gasteiger partial charge on any atom is 0.139 e. The molecular weight excluding hydrogens is 196 g/mol. The molecule has 1 rings (SSSR count). The predicted octanol–water partition coefficient (Wildman–Crippen LogP) is 4.52. The predicted molar refractivity (Wildman–Crippen MR) is 69.4 cm³/mol. The lowest BCUT2D eigenvalue weighted by Gasteiger charge is -2.15. The number of hydrogen-bond donors (Lipinski definition) is 0. The number of carbonyl (C=O) groups excluding carboxylic acids is 1. The molecule has 1 unspecified atom stereocenters. The van der Waals surface area contributed by atoms with Crippen LogP contribution in [0.2, 0.25) is 0 Å². The number of unbranched alkanes of at least 4 members (excludes halogenated alkanes) is 1. The van der Waals surface area contributed by atoms with Gasteiger partial charge in [-0.25, -0.2) is 0 Å². The molecule has 92 valence electrons. The summed E-state index contributed by atoms with van der Waals surface area (Å²) in [5, 5.41) is 0. The Morgan fingerprint density at radius 3 is 2.56 bits per heavy atom. The molecule has 0 saturated heterocycles. The Morgan fingerprint density at radius 2 is 2.00 bits per heavy atom. The van der Waals surface area contributed by atoms with Gasteiger partial charge in [-0.2, -0.15) is 0 Å². The summed E-state index contributed by atoms with van der Waals surface area (Å²) in [5.41, 5.74) is 1.39. The van der Waals surface area contributed by atoms with E-state index < -0.39 is 0 Å². The second-order valence-corrected chi connectivity index (χ2v) is 5.33. The second kappa shape index (κ2) is 6.88. The largest absolute Gasteiger partial charge is 0.299 e. The quantitative estimate of drug-likeness (QED) is 0.604. The Balaban J connectivity index is 2.38. The Labute approximate surface area is 100 Å². The van der Waals surface area contributed by atoms with Crippen LogP contribution in [0.1, 0.15) is 65.7 Å². The van der Waals surface area contributed by atoms with Gasteiger partial charge in [-0.05, 0) is 32.6 Å². The van der Waals surface area contributed by atoms with Gasteiger partial charge in [0.25, 0.3) is 0 Å². The molecule has 0 bridgehead atoms. The van der Waals surface area contributed by atoms with E-state index in [9.17, 15) is 4.79 Å². The molecule has 0 aliphatic heterocycles. The first-order valence-electron chi connectivity index (χ1n) is 6.84. The minimum Gasteiger partial charge on any atom is -0.299 e. The van der Waals surface area contributed by atoms with Crippen LogP contribution in [0.5, 0.6) is 0 Å². The molecule has 1 aliphatic carbocycles. The molecule has 0 heterocycles. The fourth-order valence-corrected chi connectivity index (χ4v) is 2.67. The molecule has 1 nitrogen and oxygen atoms in total. The van der Waals surface area contributed by atoms with Crippen LogP contribution in [0, 0.1) is 11.8 Å². The third-order valence-corrected chi connectivity index (χ3v) is 3.65. The molecule has 0 aromatic heterocycles. The molecule has 0 aromatic carbocycles. The van der Waals surface area contributed by atoms with E-state index in [1.165, 1.54) is 24.8 Å². The first-order valence-corrected chi connectivity index (χ1v) is 6.84. The van der Waals surface area contributed by atoms with Crippen molar-refractivity contribution in [1.29, 1.82) is 0 Å². The first kappa shape index (κ1) is 13.5. The number of hydrogen-bond acceptors (Lipinski definition) is 1. The average Bonchev–Trinajstić information content (AvgIpc) is 2.78. The van der Waals surface area contributed by atoms with Crippen molar-refractivity contribution in [3.63, 3.8) is 0 Å². The van der Waals surface area contributed by atoms with Crippen molar-refractivity contribution in [2.75, 3.05) is 0 Å². The zero-order chi connectivity index (χ0) is 12.0. The van der Waals surface area contributed by atoms with Gasteiger partial charge in [0, 0.05) is 11.8 Å². The van der Waals surface area contributed by atoms with Crippen molar-refractivity contribution in [2.24, 2.45) is 11.8 Å². The maximum absolute atomic E-state index is 12.1. The number of ketones is 1. The minimum atomic E-state index is 0.233. The zero-order valence-corrected chi connectivity index (χ0v) is 11.1. The summed E-state index contributed by atoms with van der Waals surface area (Å²) in [6.07, 6.45) is 10.4. The van der Waals surface area contributed by atoms with Crippen LogP contribution in [0.15, 0.2) is 11.6 Å². The number of allylic oxidation sites excluding steroid dienone is 2. The molecule has 1 aliphatic rings. The van der Waals surface area contributed by atoms with Gasteiger partial charge in [0.1, 0.15) is 5.78 Å². The molecule has 0 aromatic rings. The molecule has 1 fully saturated rings. The van der Waals surface area contributed by atoms with Gasteiger partial charge in [0.2, 0.25) is 0 Å². The Hall–Kier alpha value is -0.590. The number of Topliss-reactive ketones (excluding diaryl/α,β-unsaturated/α-hetero) is 1. The normalized spacial score (nSPS) is 20.1. The highest BCUT2D eigenvalue weighted by atomic mass is 16.1. The Bertz CT molecular complexity index is 246. The third kappa shape index (κ3) is 4.11. The molecular formula is C15H26O. The van der Waals surface area contributed by atoms with Crippen LogP contribution in [-0.4, -0.2) is 5.78 Å². The summed E-state index contributed by atoms with van der Waals surface area (Å²) in [5.74, 6) is 1.13. The fourth-order valence-electron chi connectivity index (χ4n) is 2.67. The van der Waals surface area contributed by atoms with Crippen LogP contribution in [0.25, 0.3) is 0 Å². The molecule has 0 radical (unpaired) electrons. The van der Waals surface area contributed by atoms with Crippen molar-refractivity contribution < 1.29 is 4.79 Å². The fraction of sp³-hybridized carbons (Fsp3) is 0.800.